The summed E-state index contributed by atoms with van der Waals surface area (Å²) in [6.07, 6.45) is 6.73. The molecule has 4 nitrogen and oxygen atoms in total. The van der Waals surface area contributed by atoms with Crippen LogP contribution in [0.15, 0.2) is 18.3 Å². The fraction of sp³-hybridized carbons (Fsp3) is 0.538. The fourth-order valence-electron chi connectivity index (χ4n) is 2.52. The standard InChI is InChI=1S/C13H18N4/c14-8-11-6-3-7-16-13(11)17-12(9-15)10-4-1-2-5-10/h3,6-7,10,12H,1-2,4-5,9,15H2,(H,16,17). The van der Waals surface area contributed by atoms with Crippen molar-refractivity contribution in [2.24, 2.45) is 11.7 Å². The summed E-state index contributed by atoms with van der Waals surface area (Å²) in [6.45, 7) is 0.589. The topological polar surface area (TPSA) is 74.7 Å². The smallest absolute Gasteiger partial charge is 0.144 e. The van der Waals surface area contributed by atoms with E-state index in [1.165, 1.54) is 25.7 Å². The highest BCUT2D eigenvalue weighted by Gasteiger charge is 2.24. The number of rotatable bonds is 4. The minimum Gasteiger partial charge on any atom is -0.365 e. The highest BCUT2D eigenvalue weighted by Crippen LogP contribution is 2.29. The third-order valence-corrected chi connectivity index (χ3v) is 3.47. The van der Waals surface area contributed by atoms with Crippen molar-refractivity contribution >= 4 is 5.82 Å². The van der Waals surface area contributed by atoms with Gasteiger partial charge >= 0.3 is 0 Å². The van der Waals surface area contributed by atoms with Gasteiger partial charge in [-0.2, -0.15) is 5.26 Å². The number of nitrogens with two attached hydrogens (primary N) is 1. The molecule has 0 aliphatic heterocycles. The third kappa shape index (κ3) is 2.75. The molecule has 1 aliphatic rings. The van der Waals surface area contributed by atoms with Crippen molar-refractivity contribution in [3.63, 3.8) is 0 Å². The molecule has 0 radical (unpaired) electrons. The Morgan fingerprint density at radius 1 is 1.53 bits per heavy atom. The zero-order valence-corrected chi connectivity index (χ0v) is 9.89. The average Bonchev–Trinajstić information content (AvgIpc) is 2.90. The normalized spacial score (nSPS) is 17.6. The van der Waals surface area contributed by atoms with Crippen LogP contribution in [-0.2, 0) is 0 Å². The number of pyridine rings is 1. The zero-order chi connectivity index (χ0) is 12.1. The largest absolute Gasteiger partial charge is 0.365 e. The van der Waals surface area contributed by atoms with Crippen LogP contribution in [0.4, 0.5) is 5.82 Å². The van der Waals surface area contributed by atoms with Crippen molar-refractivity contribution in [1.29, 1.82) is 5.26 Å². The van der Waals surface area contributed by atoms with E-state index in [9.17, 15) is 0 Å². The maximum atomic E-state index is 9.01. The Bertz CT molecular complexity index is 404. The fourth-order valence-corrected chi connectivity index (χ4v) is 2.52. The van der Waals surface area contributed by atoms with Crippen molar-refractivity contribution in [3.05, 3.63) is 23.9 Å². The second kappa shape index (κ2) is 5.65. The van der Waals surface area contributed by atoms with Crippen molar-refractivity contribution in [2.75, 3.05) is 11.9 Å². The summed E-state index contributed by atoms with van der Waals surface area (Å²) >= 11 is 0. The summed E-state index contributed by atoms with van der Waals surface area (Å²) in [5, 5.41) is 12.3. The number of nitrogens with one attached hydrogen (secondary N) is 1. The molecule has 1 aliphatic carbocycles. The lowest BCUT2D eigenvalue weighted by atomic mass is 9.98. The Hall–Kier alpha value is -1.60. The zero-order valence-electron chi connectivity index (χ0n) is 9.89. The number of nitrogens with zero attached hydrogens (tertiary/aromatic N) is 2. The molecule has 2 rings (SSSR count). The van der Waals surface area contributed by atoms with Gasteiger partial charge in [-0.25, -0.2) is 4.98 Å². The van der Waals surface area contributed by atoms with Crippen LogP contribution >= 0.6 is 0 Å². The molecule has 1 aromatic heterocycles. The van der Waals surface area contributed by atoms with Gasteiger partial charge in [-0.1, -0.05) is 12.8 Å². The third-order valence-electron chi connectivity index (χ3n) is 3.47. The molecule has 0 amide bonds. The predicted molar refractivity (Wildman–Crippen MR) is 67.4 cm³/mol. The summed E-state index contributed by atoms with van der Waals surface area (Å²) in [4.78, 5) is 4.22. The molecule has 1 unspecified atom stereocenters. The number of hydrogen-bond acceptors (Lipinski definition) is 4. The van der Waals surface area contributed by atoms with Crippen LogP contribution in [0.25, 0.3) is 0 Å². The van der Waals surface area contributed by atoms with Gasteiger partial charge in [0.15, 0.2) is 0 Å². The van der Waals surface area contributed by atoms with E-state index in [2.05, 4.69) is 16.4 Å². The van der Waals surface area contributed by atoms with Crippen molar-refractivity contribution in [1.82, 2.24) is 4.98 Å². The molecule has 0 aromatic carbocycles. The maximum absolute atomic E-state index is 9.01. The first-order chi connectivity index (χ1) is 8.35. The highest BCUT2D eigenvalue weighted by atomic mass is 15.0. The first-order valence-corrected chi connectivity index (χ1v) is 6.17. The van der Waals surface area contributed by atoms with Crippen LogP contribution < -0.4 is 11.1 Å². The lowest BCUT2D eigenvalue weighted by Crippen LogP contribution is -2.35. The molecule has 1 saturated carbocycles. The van der Waals surface area contributed by atoms with Gasteiger partial charge in [0.1, 0.15) is 11.9 Å². The SMILES string of the molecule is N#Cc1cccnc1NC(CN)C1CCCC1. The van der Waals surface area contributed by atoms with Gasteiger partial charge in [-0.15, -0.1) is 0 Å². The quantitative estimate of drug-likeness (QED) is 0.828. The Morgan fingerprint density at radius 3 is 2.94 bits per heavy atom. The van der Waals surface area contributed by atoms with E-state index in [1.54, 1.807) is 18.3 Å². The minimum absolute atomic E-state index is 0.236. The van der Waals surface area contributed by atoms with Crippen LogP contribution in [0.5, 0.6) is 0 Å². The van der Waals surface area contributed by atoms with Crippen LogP contribution in [0.1, 0.15) is 31.2 Å². The summed E-state index contributed by atoms with van der Waals surface area (Å²) in [7, 11) is 0. The van der Waals surface area contributed by atoms with E-state index >= 15 is 0 Å². The second-order valence-corrected chi connectivity index (χ2v) is 4.54. The summed E-state index contributed by atoms with van der Waals surface area (Å²) in [6, 6.07) is 5.94. The van der Waals surface area contributed by atoms with Crippen molar-refractivity contribution in [2.45, 2.75) is 31.7 Å². The monoisotopic (exact) mass is 230 g/mol. The van der Waals surface area contributed by atoms with Gasteiger partial charge in [0.2, 0.25) is 0 Å². The van der Waals surface area contributed by atoms with Gasteiger partial charge in [0.05, 0.1) is 5.56 Å². The highest BCUT2D eigenvalue weighted by molar-refractivity contribution is 5.51. The molecule has 4 heteroatoms. The molecule has 0 saturated heterocycles. The molecule has 0 bridgehead atoms. The van der Waals surface area contributed by atoms with Gasteiger partial charge < -0.3 is 11.1 Å². The Labute approximate surface area is 102 Å². The first kappa shape index (κ1) is 11.9. The van der Waals surface area contributed by atoms with E-state index in [0.29, 0.717) is 23.8 Å². The molecule has 0 spiro atoms. The predicted octanol–water partition coefficient (Wildman–Crippen LogP) is 1.88. The first-order valence-electron chi connectivity index (χ1n) is 6.17. The number of hydrogen-bond donors (Lipinski definition) is 2. The van der Waals surface area contributed by atoms with Crippen molar-refractivity contribution in [3.8, 4) is 6.07 Å². The molecule has 17 heavy (non-hydrogen) atoms. The van der Waals surface area contributed by atoms with Crippen LogP contribution in [0.3, 0.4) is 0 Å². The van der Waals surface area contributed by atoms with E-state index in [1.807, 2.05) is 0 Å². The Kier molecular flexibility index (Phi) is 3.94. The van der Waals surface area contributed by atoms with E-state index in [-0.39, 0.29) is 6.04 Å². The molecule has 90 valence electrons. The van der Waals surface area contributed by atoms with Gasteiger partial charge in [0, 0.05) is 18.8 Å². The van der Waals surface area contributed by atoms with E-state index in [4.69, 9.17) is 11.0 Å². The lowest BCUT2D eigenvalue weighted by Gasteiger charge is -2.24. The van der Waals surface area contributed by atoms with Crippen LogP contribution in [-0.4, -0.2) is 17.6 Å². The van der Waals surface area contributed by atoms with Gasteiger partial charge in [-0.3, -0.25) is 0 Å². The van der Waals surface area contributed by atoms with Gasteiger partial charge in [0.25, 0.3) is 0 Å². The molecule has 1 fully saturated rings. The average molecular weight is 230 g/mol. The van der Waals surface area contributed by atoms with E-state index in [0.717, 1.165) is 0 Å². The van der Waals surface area contributed by atoms with Crippen molar-refractivity contribution < 1.29 is 0 Å². The molecular weight excluding hydrogens is 212 g/mol. The maximum Gasteiger partial charge on any atom is 0.144 e. The molecule has 1 aromatic rings. The number of aromatic nitrogens is 1. The van der Waals surface area contributed by atoms with Crippen LogP contribution in [0.2, 0.25) is 0 Å². The summed E-state index contributed by atoms with van der Waals surface area (Å²) in [5.74, 6) is 1.28. The minimum atomic E-state index is 0.236. The summed E-state index contributed by atoms with van der Waals surface area (Å²) < 4.78 is 0. The van der Waals surface area contributed by atoms with Gasteiger partial charge in [-0.05, 0) is 30.9 Å². The van der Waals surface area contributed by atoms with Crippen LogP contribution in [0, 0.1) is 17.2 Å². The Morgan fingerprint density at radius 2 is 2.29 bits per heavy atom. The molecule has 3 N–H and O–H groups in total. The second-order valence-electron chi connectivity index (χ2n) is 4.54. The summed E-state index contributed by atoms with van der Waals surface area (Å²) in [5.41, 5.74) is 6.41. The molecule has 1 heterocycles. The number of anilines is 1. The molecular formula is C13H18N4. The molecule has 1 atom stereocenters. The Balaban J connectivity index is 2.10. The van der Waals surface area contributed by atoms with E-state index < -0.39 is 0 Å². The number of nitriles is 1. The lowest BCUT2D eigenvalue weighted by molar-refractivity contribution is 0.461.